The third-order valence-corrected chi connectivity index (χ3v) is 5.00. The fourth-order valence-electron chi connectivity index (χ4n) is 3.30. The van der Waals surface area contributed by atoms with Crippen LogP contribution in [0.5, 0.6) is 0 Å². The van der Waals surface area contributed by atoms with Crippen LogP contribution in [0.25, 0.3) is 10.9 Å². The minimum absolute atomic E-state index is 0.0501. The summed E-state index contributed by atoms with van der Waals surface area (Å²) in [5.74, 6) is -0.261. The number of hydrogen-bond donors (Lipinski definition) is 1. The molecule has 0 atom stereocenters. The fraction of sp³-hybridized carbons (Fsp3) is 0.238. The first-order valence-electron chi connectivity index (χ1n) is 8.44. The molecule has 0 spiro atoms. The molecule has 0 aliphatic carbocycles. The third kappa shape index (κ3) is 3.37. The molecular formula is C21H21ClN2O2. The number of aromatic nitrogens is 1. The van der Waals surface area contributed by atoms with Crippen molar-refractivity contribution in [2.45, 2.75) is 34.2 Å². The van der Waals surface area contributed by atoms with Gasteiger partial charge >= 0.3 is 0 Å². The van der Waals surface area contributed by atoms with Gasteiger partial charge in [0.1, 0.15) is 6.54 Å². The lowest BCUT2D eigenvalue weighted by molar-refractivity contribution is -0.116. The fourth-order valence-corrected chi connectivity index (χ4v) is 3.48. The predicted octanol–water partition coefficient (Wildman–Crippen LogP) is 4.53. The van der Waals surface area contributed by atoms with Crippen molar-refractivity contribution in [2.24, 2.45) is 0 Å². The summed E-state index contributed by atoms with van der Waals surface area (Å²) in [7, 11) is 0. The Hall–Kier alpha value is -2.59. The number of amides is 1. The molecule has 5 heteroatoms. The minimum atomic E-state index is -0.261. The maximum absolute atomic E-state index is 12.6. The molecule has 1 N–H and O–H groups in total. The number of pyridine rings is 1. The molecule has 0 bridgehead atoms. The summed E-state index contributed by atoms with van der Waals surface area (Å²) in [6, 6.07) is 11.0. The number of nitrogens with zero attached hydrogens (tertiary/aromatic N) is 1. The van der Waals surface area contributed by atoms with Gasteiger partial charge in [-0.1, -0.05) is 29.3 Å². The molecule has 0 aliphatic rings. The van der Waals surface area contributed by atoms with Crippen LogP contribution in [0, 0.1) is 27.7 Å². The lowest BCUT2D eigenvalue weighted by atomic mass is 10.0. The van der Waals surface area contributed by atoms with Crippen LogP contribution >= 0.6 is 11.6 Å². The highest BCUT2D eigenvalue weighted by molar-refractivity contribution is 6.31. The van der Waals surface area contributed by atoms with Crippen LogP contribution in [-0.2, 0) is 11.3 Å². The van der Waals surface area contributed by atoms with Gasteiger partial charge in [-0.05, 0) is 62.6 Å². The van der Waals surface area contributed by atoms with E-state index in [0.717, 1.165) is 33.2 Å². The van der Waals surface area contributed by atoms with Gasteiger partial charge in [-0.15, -0.1) is 0 Å². The van der Waals surface area contributed by atoms with Crippen LogP contribution in [0.1, 0.15) is 22.3 Å². The lowest BCUT2D eigenvalue weighted by Crippen LogP contribution is -2.28. The van der Waals surface area contributed by atoms with Crippen LogP contribution in [0.15, 0.2) is 41.2 Å². The van der Waals surface area contributed by atoms with Gasteiger partial charge in [0, 0.05) is 22.2 Å². The third-order valence-electron chi connectivity index (χ3n) is 4.59. The average molecular weight is 369 g/mol. The highest BCUT2D eigenvalue weighted by Crippen LogP contribution is 2.24. The molecule has 0 radical (unpaired) electrons. The summed E-state index contributed by atoms with van der Waals surface area (Å²) in [5, 5.41) is 4.44. The van der Waals surface area contributed by atoms with Crippen LogP contribution in [0.4, 0.5) is 5.69 Å². The van der Waals surface area contributed by atoms with Crippen molar-refractivity contribution in [3.05, 3.63) is 74.0 Å². The Kier molecular flexibility index (Phi) is 4.88. The van der Waals surface area contributed by atoms with E-state index >= 15 is 0 Å². The average Bonchev–Trinajstić information content (AvgIpc) is 2.55. The number of fused-ring (bicyclic) bond motifs is 1. The van der Waals surface area contributed by atoms with E-state index in [2.05, 4.69) is 5.32 Å². The Labute approximate surface area is 157 Å². The molecule has 0 aliphatic heterocycles. The lowest BCUT2D eigenvalue weighted by Gasteiger charge is -2.16. The van der Waals surface area contributed by atoms with Crippen molar-refractivity contribution in [1.29, 1.82) is 0 Å². The minimum Gasteiger partial charge on any atom is -0.324 e. The molecular weight excluding hydrogens is 348 g/mol. The zero-order valence-electron chi connectivity index (χ0n) is 15.3. The molecule has 3 aromatic rings. The van der Waals surface area contributed by atoms with Gasteiger partial charge in [0.25, 0.3) is 5.56 Å². The molecule has 0 saturated carbocycles. The summed E-state index contributed by atoms with van der Waals surface area (Å²) in [5.41, 5.74) is 5.10. The quantitative estimate of drug-likeness (QED) is 0.738. The Morgan fingerprint density at radius 3 is 2.54 bits per heavy atom. The summed E-state index contributed by atoms with van der Waals surface area (Å²) in [4.78, 5) is 25.2. The van der Waals surface area contributed by atoms with Crippen molar-refractivity contribution < 1.29 is 4.79 Å². The smallest absolute Gasteiger partial charge is 0.251 e. The second-order valence-electron chi connectivity index (χ2n) is 6.69. The van der Waals surface area contributed by atoms with E-state index in [1.165, 1.54) is 4.57 Å². The van der Waals surface area contributed by atoms with E-state index in [-0.39, 0.29) is 18.0 Å². The number of carbonyl (C=O) groups excluding carboxylic acids is 1. The van der Waals surface area contributed by atoms with Crippen molar-refractivity contribution >= 4 is 34.1 Å². The van der Waals surface area contributed by atoms with Gasteiger partial charge < -0.3 is 5.32 Å². The van der Waals surface area contributed by atoms with Crippen LogP contribution in [0.3, 0.4) is 0 Å². The molecule has 0 saturated heterocycles. The first-order valence-corrected chi connectivity index (χ1v) is 8.82. The van der Waals surface area contributed by atoms with Crippen molar-refractivity contribution in [3.63, 3.8) is 0 Å². The second-order valence-corrected chi connectivity index (χ2v) is 7.10. The molecule has 26 heavy (non-hydrogen) atoms. The number of rotatable bonds is 3. The zero-order chi connectivity index (χ0) is 19.0. The van der Waals surface area contributed by atoms with E-state index in [0.29, 0.717) is 10.7 Å². The number of carbonyl (C=O) groups is 1. The molecule has 1 aromatic heterocycles. The van der Waals surface area contributed by atoms with Crippen molar-refractivity contribution in [1.82, 2.24) is 4.57 Å². The maximum atomic E-state index is 12.6. The molecule has 134 valence electrons. The van der Waals surface area contributed by atoms with Gasteiger partial charge in [-0.3, -0.25) is 14.2 Å². The largest absolute Gasteiger partial charge is 0.324 e. The molecule has 2 aromatic carbocycles. The molecule has 0 unspecified atom stereocenters. The van der Waals surface area contributed by atoms with E-state index in [9.17, 15) is 9.59 Å². The normalized spacial score (nSPS) is 11.0. The van der Waals surface area contributed by atoms with Gasteiger partial charge in [-0.2, -0.15) is 0 Å². The standard InChI is InChI=1S/C21H21ClN2O2/c1-12-8-14(3)21-16(9-12)13(2)10-20(26)24(21)11-19(25)23-18-7-5-6-17(22)15(18)4/h5-10H,11H2,1-4H3,(H,23,25). The molecule has 1 heterocycles. The number of halogens is 1. The topological polar surface area (TPSA) is 51.1 Å². The Morgan fingerprint density at radius 1 is 1.08 bits per heavy atom. The summed E-state index contributed by atoms with van der Waals surface area (Å²) in [6.45, 7) is 7.70. The second kappa shape index (κ2) is 6.96. The molecule has 4 nitrogen and oxygen atoms in total. The van der Waals surface area contributed by atoms with Crippen LogP contribution in [-0.4, -0.2) is 10.5 Å². The van der Waals surface area contributed by atoms with E-state index in [4.69, 9.17) is 11.6 Å². The molecule has 0 fully saturated rings. The first-order chi connectivity index (χ1) is 12.3. The van der Waals surface area contributed by atoms with Crippen molar-refractivity contribution in [2.75, 3.05) is 5.32 Å². The highest BCUT2D eigenvalue weighted by atomic mass is 35.5. The maximum Gasteiger partial charge on any atom is 0.251 e. The summed E-state index contributed by atoms with van der Waals surface area (Å²) < 4.78 is 1.53. The van der Waals surface area contributed by atoms with Gasteiger partial charge in [0.05, 0.1) is 5.52 Å². The summed E-state index contributed by atoms with van der Waals surface area (Å²) in [6.07, 6.45) is 0. The van der Waals surface area contributed by atoms with Crippen LogP contribution < -0.4 is 10.9 Å². The van der Waals surface area contributed by atoms with E-state index in [1.54, 1.807) is 24.3 Å². The first kappa shape index (κ1) is 18.2. The van der Waals surface area contributed by atoms with E-state index < -0.39 is 0 Å². The number of aryl methyl sites for hydroxylation is 3. The number of benzene rings is 2. The number of nitrogens with one attached hydrogen (secondary N) is 1. The van der Waals surface area contributed by atoms with Crippen molar-refractivity contribution in [3.8, 4) is 0 Å². The van der Waals surface area contributed by atoms with Gasteiger partial charge in [-0.25, -0.2) is 0 Å². The number of anilines is 1. The highest BCUT2D eigenvalue weighted by Gasteiger charge is 2.14. The van der Waals surface area contributed by atoms with Gasteiger partial charge in [0.2, 0.25) is 5.91 Å². The van der Waals surface area contributed by atoms with Crippen LogP contribution in [0.2, 0.25) is 5.02 Å². The molecule has 1 amide bonds. The summed E-state index contributed by atoms with van der Waals surface area (Å²) >= 11 is 6.11. The molecule has 3 rings (SSSR count). The monoisotopic (exact) mass is 368 g/mol. The SMILES string of the molecule is Cc1cc(C)c2c(c1)c(C)cc(=O)n2CC(=O)Nc1cccc(Cl)c1C. The zero-order valence-corrected chi connectivity index (χ0v) is 16.1. The predicted molar refractivity (Wildman–Crippen MR) is 107 cm³/mol. The Balaban J connectivity index is 2.02. The Bertz CT molecular complexity index is 1080. The van der Waals surface area contributed by atoms with Gasteiger partial charge in [0.15, 0.2) is 0 Å². The Morgan fingerprint density at radius 2 is 1.81 bits per heavy atom. The van der Waals surface area contributed by atoms with E-state index in [1.807, 2.05) is 39.8 Å². The number of hydrogen-bond acceptors (Lipinski definition) is 2.